The zero-order valence-corrected chi connectivity index (χ0v) is 11.3. The molecule has 0 aliphatic heterocycles. The number of anilines is 1. The highest BCUT2D eigenvalue weighted by Gasteiger charge is 2.30. The third-order valence-corrected chi connectivity index (χ3v) is 3.51. The number of nitrogen functional groups attached to an aromatic ring is 1. The number of carbonyl (C=O) groups is 1. The van der Waals surface area contributed by atoms with E-state index < -0.39 is 0 Å². The molecular weight excluding hydrogens is 244 g/mol. The van der Waals surface area contributed by atoms with E-state index in [2.05, 4.69) is 15.5 Å². The molecule has 5 N–H and O–H groups in total. The minimum atomic E-state index is -0.225. The first-order chi connectivity index (χ1) is 9.13. The fraction of sp³-hybridized carbons (Fsp3) is 0.692. The summed E-state index contributed by atoms with van der Waals surface area (Å²) in [4.78, 5) is 11.9. The van der Waals surface area contributed by atoms with Crippen molar-refractivity contribution in [3.63, 3.8) is 0 Å². The zero-order valence-electron chi connectivity index (χ0n) is 11.3. The normalized spacial score (nSPS) is 16.3. The molecule has 0 aromatic carbocycles. The molecule has 0 bridgehead atoms. The van der Waals surface area contributed by atoms with Crippen LogP contribution in [0.3, 0.4) is 0 Å². The molecule has 106 valence electrons. The molecule has 1 aromatic rings. The summed E-state index contributed by atoms with van der Waals surface area (Å²) in [6.07, 6.45) is 3.96. The van der Waals surface area contributed by atoms with Crippen molar-refractivity contribution in [2.75, 3.05) is 18.9 Å². The Kier molecular flexibility index (Phi) is 4.42. The number of H-pyrrole nitrogens is 1. The average molecular weight is 266 g/mol. The summed E-state index contributed by atoms with van der Waals surface area (Å²) >= 11 is 0. The van der Waals surface area contributed by atoms with Gasteiger partial charge in [-0.05, 0) is 31.6 Å². The lowest BCUT2D eigenvalue weighted by Gasteiger charge is -2.07. The van der Waals surface area contributed by atoms with Gasteiger partial charge in [-0.3, -0.25) is 9.89 Å². The van der Waals surface area contributed by atoms with Crippen molar-refractivity contribution >= 4 is 11.6 Å². The first-order valence-corrected chi connectivity index (χ1v) is 6.86. The minimum Gasteiger partial charge on any atom is -0.396 e. The van der Waals surface area contributed by atoms with Crippen LogP contribution in [-0.2, 0) is 0 Å². The molecule has 1 saturated carbocycles. The van der Waals surface area contributed by atoms with E-state index in [4.69, 9.17) is 10.8 Å². The summed E-state index contributed by atoms with van der Waals surface area (Å²) in [5, 5.41) is 18.6. The lowest BCUT2D eigenvalue weighted by Crippen LogP contribution is -2.26. The van der Waals surface area contributed by atoms with E-state index in [0.717, 1.165) is 31.4 Å². The second kappa shape index (κ2) is 6.06. The van der Waals surface area contributed by atoms with Crippen LogP contribution in [0.25, 0.3) is 0 Å². The van der Waals surface area contributed by atoms with Crippen molar-refractivity contribution in [3.8, 4) is 0 Å². The fourth-order valence-electron chi connectivity index (χ4n) is 2.05. The first-order valence-electron chi connectivity index (χ1n) is 6.86. The number of rotatable bonds is 7. The van der Waals surface area contributed by atoms with Crippen molar-refractivity contribution in [1.82, 2.24) is 15.5 Å². The Labute approximate surface area is 112 Å². The molecule has 0 saturated heterocycles. The second-order valence-corrected chi connectivity index (χ2v) is 5.36. The highest BCUT2D eigenvalue weighted by Crippen LogP contribution is 2.42. The van der Waals surface area contributed by atoms with Crippen LogP contribution in [0.2, 0.25) is 0 Å². The molecule has 6 nitrogen and oxygen atoms in total. The van der Waals surface area contributed by atoms with E-state index in [1.807, 2.05) is 6.92 Å². The van der Waals surface area contributed by atoms with Gasteiger partial charge in [-0.1, -0.05) is 6.92 Å². The topological polar surface area (TPSA) is 104 Å². The summed E-state index contributed by atoms with van der Waals surface area (Å²) in [6, 6.07) is 0. The molecular formula is C13H22N4O2. The van der Waals surface area contributed by atoms with Crippen molar-refractivity contribution in [1.29, 1.82) is 0 Å². The number of aliphatic hydroxyl groups is 1. The van der Waals surface area contributed by atoms with Crippen LogP contribution in [0.5, 0.6) is 0 Å². The van der Waals surface area contributed by atoms with E-state index in [1.165, 1.54) is 0 Å². The largest absolute Gasteiger partial charge is 0.396 e. The summed E-state index contributed by atoms with van der Waals surface area (Å²) in [5.41, 5.74) is 7.63. The number of hydrogen-bond donors (Lipinski definition) is 4. The second-order valence-electron chi connectivity index (χ2n) is 5.36. The van der Waals surface area contributed by atoms with Gasteiger partial charge in [0.2, 0.25) is 0 Å². The quantitative estimate of drug-likeness (QED) is 0.553. The molecule has 1 atom stereocenters. The first kappa shape index (κ1) is 13.9. The molecule has 2 rings (SSSR count). The predicted molar refractivity (Wildman–Crippen MR) is 72.8 cm³/mol. The highest BCUT2D eigenvalue weighted by molar-refractivity contribution is 5.97. The maximum Gasteiger partial charge on any atom is 0.273 e. The van der Waals surface area contributed by atoms with Crippen LogP contribution >= 0.6 is 0 Å². The van der Waals surface area contributed by atoms with Crippen LogP contribution in [0.15, 0.2) is 0 Å². The van der Waals surface area contributed by atoms with Crippen molar-refractivity contribution < 1.29 is 9.90 Å². The Morgan fingerprint density at radius 1 is 1.63 bits per heavy atom. The average Bonchev–Trinajstić information content (AvgIpc) is 3.17. The Morgan fingerprint density at radius 2 is 2.37 bits per heavy atom. The van der Waals surface area contributed by atoms with Gasteiger partial charge in [0.15, 0.2) is 5.69 Å². The SMILES string of the molecule is CC(CO)CCCNC(=O)c1n[nH]c(C2CC2)c1N. The number of nitrogens with one attached hydrogen (secondary N) is 2. The van der Waals surface area contributed by atoms with E-state index in [-0.39, 0.29) is 18.4 Å². The van der Waals surface area contributed by atoms with Crippen molar-refractivity contribution in [2.24, 2.45) is 5.92 Å². The molecule has 19 heavy (non-hydrogen) atoms. The third-order valence-electron chi connectivity index (χ3n) is 3.51. The maximum absolute atomic E-state index is 11.9. The highest BCUT2D eigenvalue weighted by atomic mass is 16.3. The molecule has 1 aliphatic rings. The molecule has 0 spiro atoms. The Hall–Kier alpha value is -1.56. The molecule has 1 amide bonds. The van der Waals surface area contributed by atoms with Gasteiger partial charge in [0, 0.05) is 19.1 Å². The van der Waals surface area contributed by atoms with Crippen LogP contribution in [0, 0.1) is 5.92 Å². The van der Waals surface area contributed by atoms with Crippen LogP contribution in [-0.4, -0.2) is 34.4 Å². The number of carbonyl (C=O) groups excluding carboxylic acids is 1. The van der Waals surface area contributed by atoms with Gasteiger partial charge >= 0.3 is 0 Å². The number of nitrogens with two attached hydrogens (primary N) is 1. The van der Waals surface area contributed by atoms with E-state index in [1.54, 1.807) is 0 Å². The monoisotopic (exact) mass is 266 g/mol. The van der Waals surface area contributed by atoms with Crippen LogP contribution < -0.4 is 11.1 Å². The summed E-state index contributed by atoms with van der Waals surface area (Å²) in [5.74, 6) is 0.505. The fourth-order valence-corrected chi connectivity index (χ4v) is 2.05. The standard InChI is InChI=1S/C13H22N4O2/c1-8(7-18)3-2-6-15-13(19)12-10(14)11(16-17-12)9-4-5-9/h8-9,18H,2-7,14H2,1H3,(H,15,19)(H,16,17). The van der Waals surface area contributed by atoms with Gasteiger partial charge in [0.05, 0.1) is 11.4 Å². The molecule has 0 radical (unpaired) electrons. The summed E-state index contributed by atoms with van der Waals surface area (Å²) in [7, 11) is 0. The molecule has 6 heteroatoms. The van der Waals surface area contributed by atoms with E-state index in [9.17, 15) is 4.79 Å². The van der Waals surface area contributed by atoms with E-state index in [0.29, 0.717) is 23.8 Å². The van der Waals surface area contributed by atoms with Crippen molar-refractivity contribution in [2.45, 2.75) is 38.5 Å². The minimum absolute atomic E-state index is 0.186. The Morgan fingerprint density at radius 3 is 3.00 bits per heavy atom. The third kappa shape index (κ3) is 3.47. The van der Waals surface area contributed by atoms with Gasteiger partial charge in [-0.25, -0.2) is 0 Å². The summed E-state index contributed by atoms with van der Waals surface area (Å²) < 4.78 is 0. The molecule has 1 fully saturated rings. The van der Waals surface area contributed by atoms with Crippen LogP contribution in [0.1, 0.15) is 54.7 Å². The zero-order chi connectivity index (χ0) is 13.8. The van der Waals surface area contributed by atoms with Gasteiger partial charge < -0.3 is 16.2 Å². The number of aliphatic hydroxyl groups excluding tert-OH is 1. The van der Waals surface area contributed by atoms with Gasteiger partial charge in [0.25, 0.3) is 5.91 Å². The molecule has 1 aliphatic carbocycles. The lowest BCUT2D eigenvalue weighted by atomic mass is 10.1. The predicted octanol–water partition coefficient (Wildman–Crippen LogP) is 1.01. The van der Waals surface area contributed by atoms with Gasteiger partial charge in [-0.15, -0.1) is 0 Å². The number of nitrogens with zero attached hydrogens (tertiary/aromatic N) is 1. The Balaban J connectivity index is 1.79. The van der Waals surface area contributed by atoms with Gasteiger partial charge in [-0.2, -0.15) is 5.10 Å². The van der Waals surface area contributed by atoms with Crippen LogP contribution in [0.4, 0.5) is 5.69 Å². The molecule has 1 unspecified atom stereocenters. The number of aromatic nitrogens is 2. The Bertz CT molecular complexity index is 440. The molecule has 1 aromatic heterocycles. The van der Waals surface area contributed by atoms with E-state index >= 15 is 0 Å². The lowest BCUT2D eigenvalue weighted by molar-refractivity contribution is 0.0948. The number of hydrogen-bond acceptors (Lipinski definition) is 4. The molecule has 1 heterocycles. The number of amides is 1. The smallest absolute Gasteiger partial charge is 0.273 e. The number of aromatic amines is 1. The maximum atomic E-state index is 11.9. The summed E-state index contributed by atoms with van der Waals surface area (Å²) in [6.45, 7) is 2.74. The van der Waals surface area contributed by atoms with Gasteiger partial charge in [0.1, 0.15) is 0 Å². The van der Waals surface area contributed by atoms with Crippen molar-refractivity contribution in [3.05, 3.63) is 11.4 Å².